The molecule has 1 atom stereocenters. The molecule has 0 bridgehead atoms. The van der Waals surface area contributed by atoms with Crippen LogP contribution in [-0.4, -0.2) is 43.7 Å². The zero-order chi connectivity index (χ0) is 19.9. The third kappa shape index (κ3) is 6.12. The Labute approximate surface area is 157 Å². The lowest BCUT2D eigenvalue weighted by molar-refractivity contribution is -0.387. The van der Waals surface area contributed by atoms with Gasteiger partial charge in [-0.2, -0.15) is 0 Å². The highest BCUT2D eigenvalue weighted by atomic mass is 32.2. The van der Waals surface area contributed by atoms with Crippen molar-refractivity contribution in [2.75, 3.05) is 13.2 Å². The van der Waals surface area contributed by atoms with Gasteiger partial charge in [-0.1, -0.05) is 23.8 Å². The number of carboxylic acids is 1. The summed E-state index contributed by atoms with van der Waals surface area (Å²) in [5.74, 6) is -1.02. The highest BCUT2D eigenvalue weighted by Crippen LogP contribution is 2.28. The molecule has 1 aliphatic rings. The lowest BCUT2D eigenvalue weighted by Gasteiger charge is -2.17. The molecule has 2 rings (SSSR count). The van der Waals surface area contributed by atoms with Crippen molar-refractivity contribution in [2.24, 2.45) is 0 Å². The monoisotopic (exact) mass is 398 g/mol. The number of carboxylic acid groups (broad SMARTS) is 1. The first kappa shape index (κ1) is 21.0. The summed E-state index contributed by atoms with van der Waals surface area (Å²) in [5.41, 5.74) is 0.486. The zero-order valence-corrected chi connectivity index (χ0v) is 15.5. The summed E-state index contributed by atoms with van der Waals surface area (Å²) >= 11 is 0. The number of nitro benzene ring substituents is 1. The second kappa shape index (κ2) is 9.58. The third-order valence-corrected chi connectivity index (χ3v) is 5.71. The first-order valence-electron chi connectivity index (χ1n) is 8.55. The Bertz CT molecular complexity index is 820. The molecule has 0 fully saturated rings. The Hall–Kier alpha value is -2.30. The number of ether oxygens (including phenoxy) is 1. The minimum atomic E-state index is -4.02. The summed E-state index contributed by atoms with van der Waals surface area (Å²) in [6, 6.07) is 4.86. The Morgan fingerprint density at radius 3 is 2.78 bits per heavy atom. The van der Waals surface area contributed by atoms with Gasteiger partial charge in [0.1, 0.15) is 6.61 Å². The average molecular weight is 398 g/mol. The van der Waals surface area contributed by atoms with Gasteiger partial charge >= 0.3 is 5.97 Å². The van der Waals surface area contributed by atoms with Crippen LogP contribution < -0.4 is 4.72 Å². The Morgan fingerprint density at radius 1 is 1.33 bits per heavy atom. The number of unbranched alkanes of at least 4 members (excludes halogenated alkanes) is 1. The molecule has 27 heavy (non-hydrogen) atoms. The number of nitrogens with one attached hydrogen (secondary N) is 1. The number of rotatable bonds is 11. The van der Waals surface area contributed by atoms with E-state index in [0.717, 1.165) is 24.5 Å². The molecule has 1 aliphatic carbocycles. The molecule has 0 unspecified atom stereocenters. The molecule has 10 heteroatoms. The van der Waals surface area contributed by atoms with E-state index in [0.29, 0.717) is 25.9 Å². The fraction of sp³-hybridized carbons (Fsp3) is 0.471. The summed E-state index contributed by atoms with van der Waals surface area (Å²) in [4.78, 5) is 20.4. The number of carbonyl (C=O) groups is 1. The highest BCUT2D eigenvalue weighted by Gasteiger charge is 2.30. The third-order valence-electron chi connectivity index (χ3n) is 4.19. The van der Waals surface area contributed by atoms with Crippen LogP contribution in [0.1, 0.15) is 32.1 Å². The van der Waals surface area contributed by atoms with E-state index >= 15 is 0 Å². The van der Waals surface area contributed by atoms with Gasteiger partial charge in [-0.3, -0.25) is 10.1 Å². The summed E-state index contributed by atoms with van der Waals surface area (Å²) in [6.45, 7) is -0.00679. The van der Waals surface area contributed by atoms with E-state index in [2.05, 4.69) is 4.72 Å². The predicted molar refractivity (Wildman–Crippen MR) is 96.8 cm³/mol. The fourth-order valence-electron chi connectivity index (χ4n) is 2.95. The van der Waals surface area contributed by atoms with E-state index in [4.69, 9.17) is 9.84 Å². The van der Waals surface area contributed by atoms with Crippen LogP contribution in [0.25, 0.3) is 0 Å². The summed E-state index contributed by atoms with van der Waals surface area (Å²) in [5, 5.41) is 19.6. The van der Waals surface area contributed by atoms with Gasteiger partial charge in [-0.15, -0.1) is 0 Å². The topological polar surface area (TPSA) is 136 Å². The minimum absolute atomic E-state index is 0.326. The molecule has 2 N–H and O–H groups in total. The van der Waals surface area contributed by atoms with Gasteiger partial charge in [-0.05, 0) is 38.2 Å². The molecule has 0 radical (unpaired) electrons. The van der Waals surface area contributed by atoms with E-state index in [1.165, 1.54) is 18.2 Å². The maximum absolute atomic E-state index is 12.6. The van der Waals surface area contributed by atoms with Gasteiger partial charge in [0, 0.05) is 18.7 Å². The molecule has 0 amide bonds. The number of benzene rings is 1. The van der Waals surface area contributed by atoms with Gasteiger partial charge < -0.3 is 9.84 Å². The van der Waals surface area contributed by atoms with E-state index in [1.807, 2.05) is 6.08 Å². The van der Waals surface area contributed by atoms with Crippen LogP contribution in [-0.2, 0) is 19.6 Å². The van der Waals surface area contributed by atoms with Crippen molar-refractivity contribution in [2.45, 2.75) is 43.0 Å². The van der Waals surface area contributed by atoms with Crippen LogP contribution in [0.2, 0.25) is 0 Å². The predicted octanol–water partition coefficient (Wildman–Crippen LogP) is 2.23. The summed E-state index contributed by atoms with van der Waals surface area (Å²) < 4.78 is 32.8. The van der Waals surface area contributed by atoms with E-state index in [1.54, 1.807) is 0 Å². The molecule has 0 aromatic heterocycles. The molecule has 0 spiro atoms. The molecule has 1 aromatic carbocycles. The number of hydrogen-bond acceptors (Lipinski definition) is 6. The summed E-state index contributed by atoms with van der Waals surface area (Å²) in [7, 11) is -4.02. The van der Waals surface area contributed by atoms with Crippen LogP contribution in [0.15, 0.2) is 40.8 Å². The SMILES string of the molecule is O=C(O)COCCCCC1=CCC[C@@H]1NS(=O)(=O)c1ccccc1[N+](=O)[O-]. The molecule has 0 heterocycles. The molecular formula is C17H22N2O7S. The molecular weight excluding hydrogens is 376 g/mol. The number of para-hydroxylation sites is 1. The Balaban J connectivity index is 1.93. The summed E-state index contributed by atoms with van der Waals surface area (Å²) in [6.07, 6.45) is 5.36. The van der Waals surface area contributed by atoms with Gasteiger partial charge in [0.25, 0.3) is 5.69 Å². The van der Waals surface area contributed by atoms with Crippen molar-refractivity contribution < 1.29 is 28.0 Å². The van der Waals surface area contributed by atoms with Crippen LogP contribution in [0.5, 0.6) is 0 Å². The van der Waals surface area contributed by atoms with Crippen LogP contribution in [0.4, 0.5) is 5.69 Å². The smallest absolute Gasteiger partial charge is 0.329 e. The van der Waals surface area contributed by atoms with Crippen LogP contribution in [0.3, 0.4) is 0 Å². The second-order valence-electron chi connectivity index (χ2n) is 6.16. The molecule has 9 nitrogen and oxygen atoms in total. The number of nitro groups is 1. The lowest BCUT2D eigenvalue weighted by atomic mass is 10.1. The maximum Gasteiger partial charge on any atom is 0.329 e. The quantitative estimate of drug-likeness (QED) is 0.252. The average Bonchev–Trinajstić information content (AvgIpc) is 3.04. The molecule has 1 aromatic rings. The van der Waals surface area contributed by atoms with E-state index in [-0.39, 0.29) is 11.5 Å². The Morgan fingerprint density at radius 2 is 2.07 bits per heavy atom. The largest absolute Gasteiger partial charge is 0.480 e. The zero-order valence-electron chi connectivity index (χ0n) is 14.7. The minimum Gasteiger partial charge on any atom is -0.480 e. The number of sulfonamides is 1. The van der Waals surface area contributed by atoms with Crippen molar-refractivity contribution in [1.82, 2.24) is 4.72 Å². The van der Waals surface area contributed by atoms with Gasteiger partial charge in [0.05, 0.1) is 4.92 Å². The number of nitrogens with zero attached hydrogens (tertiary/aromatic N) is 1. The number of hydrogen-bond donors (Lipinski definition) is 2. The van der Waals surface area contributed by atoms with Crippen molar-refractivity contribution in [3.8, 4) is 0 Å². The maximum atomic E-state index is 12.6. The van der Waals surface area contributed by atoms with Crippen LogP contribution in [0, 0.1) is 10.1 Å². The lowest BCUT2D eigenvalue weighted by Crippen LogP contribution is -2.35. The second-order valence-corrected chi connectivity index (χ2v) is 7.84. The van der Waals surface area contributed by atoms with Gasteiger partial charge in [0.2, 0.25) is 10.0 Å². The molecule has 0 aliphatic heterocycles. The molecule has 148 valence electrons. The van der Waals surface area contributed by atoms with Crippen molar-refractivity contribution in [3.63, 3.8) is 0 Å². The van der Waals surface area contributed by atoms with Crippen molar-refractivity contribution in [3.05, 3.63) is 46.0 Å². The van der Waals surface area contributed by atoms with Crippen molar-refractivity contribution >= 4 is 21.7 Å². The highest BCUT2D eigenvalue weighted by molar-refractivity contribution is 7.89. The van der Waals surface area contributed by atoms with E-state index < -0.39 is 32.6 Å². The first-order chi connectivity index (χ1) is 12.8. The molecule has 0 saturated carbocycles. The van der Waals surface area contributed by atoms with Gasteiger partial charge in [0.15, 0.2) is 4.90 Å². The van der Waals surface area contributed by atoms with Crippen molar-refractivity contribution in [1.29, 1.82) is 0 Å². The van der Waals surface area contributed by atoms with E-state index in [9.17, 15) is 23.3 Å². The first-order valence-corrected chi connectivity index (χ1v) is 10.0. The Kier molecular flexibility index (Phi) is 7.45. The fourth-order valence-corrected chi connectivity index (χ4v) is 4.40. The number of allylic oxidation sites excluding steroid dienone is 1. The normalized spacial score (nSPS) is 16.9. The standard InChI is InChI=1S/C17H22N2O7S/c20-17(21)12-26-11-4-3-6-13-7-5-8-14(13)18-27(24,25)16-10-2-1-9-15(16)19(22)23/h1-2,7,9-10,14,18H,3-6,8,11-12H2,(H,20,21)/t14-/m0/s1. The van der Waals surface area contributed by atoms with Gasteiger partial charge in [-0.25, -0.2) is 17.9 Å². The molecule has 0 saturated heterocycles. The van der Waals surface area contributed by atoms with Crippen LogP contribution >= 0.6 is 0 Å². The number of aliphatic carboxylic acids is 1.